The van der Waals surface area contributed by atoms with Gasteiger partial charge in [-0.3, -0.25) is 14.3 Å². The van der Waals surface area contributed by atoms with Gasteiger partial charge in [-0.2, -0.15) is 5.10 Å². The average Bonchev–Trinajstić information content (AvgIpc) is 3.43. The first-order chi connectivity index (χ1) is 13.7. The highest BCUT2D eigenvalue weighted by Gasteiger charge is 2.42. The van der Waals surface area contributed by atoms with Crippen LogP contribution in [-0.2, 0) is 10.3 Å². The number of piperidine rings is 1. The molecule has 28 heavy (non-hydrogen) atoms. The Kier molecular flexibility index (Phi) is 5.43. The van der Waals surface area contributed by atoms with Gasteiger partial charge in [-0.05, 0) is 69.1 Å². The predicted molar refractivity (Wildman–Crippen MR) is 107 cm³/mol. The topological polar surface area (TPSA) is 88.1 Å². The number of aromatic nitrogens is 2. The number of anilines is 1. The molecule has 0 unspecified atom stereocenters. The summed E-state index contributed by atoms with van der Waals surface area (Å²) in [5.41, 5.74) is 0.619. The first-order valence-electron chi connectivity index (χ1n) is 10.1. The molecule has 148 valence electrons. The highest BCUT2D eigenvalue weighted by molar-refractivity contribution is 5.98. The molecule has 0 spiro atoms. The minimum absolute atomic E-state index is 0.0452. The van der Waals surface area contributed by atoms with Crippen molar-refractivity contribution in [2.45, 2.75) is 50.1 Å². The summed E-state index contributed by atoms with van der Waals surface area (Å²) in [5, 5.41) is 13.7. The maximum Gasteiger partial charge on any atom is 0.252 e. The Bertz CT molecular complexity index is 804. The fraction of sp³-hybridized carbons (Fsp3) is 0.476. The summed E-state index contributed by atoms with van der Waals surface area (Å²) >= 11 is 0. The van der Waals surface area contributed by atoms with Crippen LogP contribution < -0.4 is 16.0 Å². The van der Waals surface area contributed by atoms with Gasteiger partial charge in [0.05, 0.1) is 0 Å². The third kappa shape index (κ3) is 3.80. The fourth-order valence-corrected chi connectivity index (χ4v) is 4.21. The van der Waals surface area contributed by atoms with Gasteiger partial charge in [0.1, 0.15) is 5.54 Å². The molecule has 0 radical (unpaired) electrons. The molecule has 1 aromatic heterocycles. The minimum atomic E-state index is -0.687. The Balaban J connectivity index is 1.44. The van der Waals surface area contributed by atoms with Crippen molar-refractivity contribution in [2.75, 3.05) is 18.4 Å². The minimum Gasteiger partial charge on any atom is -0.349 e. The highest BCUT2D eigenvalue weighted by Crippen LogP contribution is 2.29. The Hall–Kier alpha value is -2.67. The van der Waals surface area contributed by atoms with Crippen molar-refractivity contribution in [3.05, 3.63) is 48.3 Å². The molecule has 7 heteroatoms. The summed E-state index contributed by atoms with van der Waals surface area (Å²) < 4.78 is 1.77. The van der Waals surface area contributed by atoms with Crippen molar-refractivity contribution in [3.8, 4) is 0 Å². The van der Waals surface area contributed by atoms with Gasteiger partial charge in [0.25, 0.3) is 11.8 Å². The third-order valence-corrected chi connectivity index (χ3v) is 5.89. The van der Waals surface area contributed by atoms with E-state index in [2.05, 4.69) is 21.0 Å². The van der Waals surface area contributed by atoms with E-state index in [-0.39, 0.29) is 11.8 Å². The standard InChI is InChI=1S/C21H27N5O2/c27-19(24-17-4-1-2-5-17)16-6-8-18(9-7-16)25-20(28)21(10-13-22-14-11-21)26-15-3-12-23-26/h3,6-9,12,15,17,22H,1-2,4-5,10-11,13-14H2,(H,24,27)(H,25,28). The molecule has 1 aliphatic carbocycles. The SMILES string of the molecule is O=C(NC1CCCC1)c1ccc(NC(=O)C2(n3cccn3)CCNCC2)cc1. The first-order valence-corrected chi connectivity index (χ1v) is 10.1. The van der Waals surface area contributed by atoms with E-state index in [1.807, 2.05) is 12.3 Å². The number of hydrogen-bond acceptors (Lipinski definition) is 4. The number of rotatable bonds is 5. The van der Waals surface area contributed by atoms with Crippen molar-refractivity contribution in [1.82, 2.24) is 20.4 Å². The summed E-state index contributed by atoms with van der Waals surface area (Å²) in [5.74, 6) is -0.114. The van der Waals surface area contributed by atoms with Crippen molar-refractivity contribution < 1.29 is 9.59 Å². The Morgan fingerprint density at radius 3 is 2.46 bits per heavy atom. The number of benzene rings is 1. The summed E-state index contributed by atoms with van der Waals surface area (Å²) in [6.07, 6.45) is 9.41. The van der Waals surface area contributed by atoms with Gasteiger partial charge in [0, 0.05) is 29.7 Å². The average molecular weight is 381 g/mol. The molecule has 1 saturated carbocycles. The molecule has 1 aliphatic heterocycles. The van der Waals surface area contributed by atoms with Crippen molar-refractivity contribution in [2.24, 2.45) is 0 Å². The summed E-state index contributed by atoms with van der Waals surface area (Å²) in [6, 6.07) is 9.25. The van der Waals surface area contributed by atoms with Crippen LogP contribution in [0.3, 0.4) is 0 Å². The normalized spacial score (nSPS) is 19.3. The van der Waals surface area contributed by atoms with Crippen LogP contribution in [0.1, 0.15) is 48.9 Å². The fourth-order valence-electron chi connectivity index (χ4n) is 4.21. The smallest absolute Gasteiger partial charge is 0.252 e. The predicted octanol–water partition coefficient (Wildman–Crippen LogP) is 2.27. The Morgan fingerprint density at radius 2 is 1.82 bits per heavy atom. The molecule has 2 aromatic rings. The van der Waals surface area contributed by atoms with E-state index in [0.717, 1.165) is 25.9 Å². The van der Waals surface area contributed by atoms with Crippen LogP contribution in [0.15, 0.2) is 42.7 Å². The lowest BCUT2D eigenvalue weighted by atomic mass is 9.87. The van der Waals surface area contributed by atoms with Gasteiger partial charge < -0.3 is 16.0 Å². The van der Waals surface area contributed by atoms with Crippen LogP contribution >= 0.6 is 0 Å². The number of amides is 2. The highest BCUT2D eigenvalue weighted by atomic mass is 16.2. The molecule has 7 nitrogen and oxygen atoms in total. The molecule has 2 amide bonds. The zero-order valence-corrected chi connectivity index (χ0v) is 16.0. The van der Waals surface area contributed by atoms with Crippen LogP contribution in [0.25, 0.3) is 0 Å². The molecule has 1 aromatic carbocycles. The van der Waals surface area contributed by atoms with Crippen molar-refractivity contribution >= 4 is 17.5 Å². The van der Waals surface area contributed by atoms with Crippen LogP contribution in [0.5, 0.6) is 0 Å². The van der Waals surface area contributed by atoms with Crippen LogP contribution in [0.2, 0.25) is 0 Å². The van der Waals surface area contributed by atoms with E-state index in [1.54, 1.807) is 35.1 Å². The lowest BCUT2D eigenvalue weighted by Crippen LogP contribution is -2.52. The largest absolute Gasteiger partial charge is 0.349 e. The van der Waals surface area contributed by atoms with Crippen LogP contribution in [0.4, 0.5) is 5.69 Å². The molecule has 2 aliphatic rings. The number of hydrogen-bond donors (Lipinski definition) is 3. The van der Waals surface area contributed by atoms with Crippen molar-refractivity contribution in [1.29, 1.82) is 0 Å². The van der Waals surface area contributed by atoms with Crippen LogP contribution in [0, 0.1) is 0 Å². The zero-order chi connectivity index (χ0) is 19.4. The lowest BCUT2D eigenvalue weighted by molar-refractivity contribution is -0.126. The molecule has 1 saturated heterocycles. The zero-order valence-electron chi connectivity index (χ0n) is 16.0. The van der Waals surface area contributed by atoms with E-state index < -0.39 is 5.54 Å². The van der Waals surface area contributed by atoms with Gasteiger partial charge in [0.2, 0.25) is 0 Å². The van der Waals surface area contributed by atoms with Gasteiger partial charge in [-0.15, -0.1) is 0 Å². The van der Waals surface area contributed by atoms with Gasteiger partial charge in [0.15, 0.2) is 0 Å². The van der Waals surface area contributed by atoms with E-state index >= 15 is 0 Å². The molecule has 2 heterocycles. The molecule has 4 rings (SSSR count). The summed E-state index contributed by atoms with van der Waals surface area (Å²) in [4.78, 5) is 25.5. The number of nitrogens with one attached hydrogen (secondary N) is 3. The Labute approximate surface area is 164 Å². The summed E-state index contributed by atoms with van der Waals surface area (Å²) in [6.45, 7) is 1.54. The van der Waals surface area contributed by atoms with Gasteiger partial charge in [-0.25, -0.2) is 0 Å². The first kappa shape index (κ1) is 18.7. The lowest BCUT2D eigenvalue weighted by Gasteiger charge is -2.36. The van der Waals surface area contributed by atoms with E-state index in [9.17, 15) is 9.59 Å². The molecule has 3 N–H and O–H groups in total. The number of carbonyl (C=O) groups excluding carboxylic acids is 2. The second kappa shape index (κ2) is 8.14. The molecular weight excluding hydrogens is 354 g/mol. The van der Waals surface area contributed by atoms with E-state index in [1.165, 1.54) is 12.8 Å². The molecule has 2 fully saturated rings. The number of carbonyl (C=O) groups is 2. The van der Waals surface area contributed by atoms with E-state index in [4.69, 9.17) is 0 Å². The molecule has 0 atom stereocenters. The van der Waals surface area contributed by atoms with Gasteiger partial charge in [-0.1, -0.05) is 12.8 Å². The monoisotopic (exact) mass is 381 g/mol. The maximum absolute atomic E-state index is 13.2. The quantitative estimate of drug-likeness (QED) is 0.741. The molecule has 0 bridgehead atoms. The third-order valence-electron chi connectivity index (χ3n) is 5.89. The van der Waals surface area contributed by atoms with Crippen LogP contribution in [-0.4, -0.2) is 40.7 Å². The maximum atomic E-state index is 13.2. The number of nitrogens with zero attached hydrogens (tertiary/aromatic N) is 2. The van der Waals surface area contributed by atoms with Gasteiger partial charge >= 0.3 is 0 Å². The second-order valence-electron chi connectivity index (χ2n) is 7.72. The Morgan fingerprint density at radius 1 is 1.11 bits per heavy atom. The molecular formula is C21H27N5O2. The second-order valence-corrected chi connectivity index (χ2v) is 7.72. The van der Waals surface area contributed by atoms with E-state index in [0.29, 0.717) is 30.1 Å². The van der Waals surface area contributed by atoms with Crippen molar-refractivity contribution in [3.63, 3.8) is 0 Å². The summed E-state index contributed by atoms with van der Waals surface area (Å²) in [7, 11) is 0.